The van der Waals surface area contributed by atoms with E-state index >= 15 is 0 Å². The fraction of sp³-hybridized carbons (Fsp3) is 0.480. The zero-order valence-corrected chi connectivity index (χ0v) is 19.9. The van der Waals surface area contributed by atoms with E-state index in [4.69, 9.17) is 0 Å². The molecule has 0 heterocycles. The maximum absolute atomic E-state index is 13.8. The lowest BCUT2D eigenvalue weighted by Gasteiger charge is -2.33. The molecule has 1 amide bonds. The van der Waals surface area contributed by atoms with Crippen molar-refractivity contribution < 1.29 is 13.2 Å². The van der Waals surface area contributed by atoms with Crippen molar-refractivity contribution in [1.29, 1.82) is 0 Å². The first-order valence-electron chi connectivity index (χ1n) is 11.1. The third-order valence-corrected chi connectivity index (χ3v) is 8.27. The Balaban J connectivity index is 1.84. The Morgan fingerprint density at radius 3 is 2.10 bits per heavy atom. The van der Waals surface area contributed by atoms with Crippen LogP contribution >= 0.6 is 0 Å². The molecule has 0 spiro atoms. The minimum absolute atomic E-state index is 0.135. The molecule has 2 aromatic carbocycles. The van der Waals surface area contributed by atoms with Crippen LogP contribution in [-0.2, 0) is 21.4 Å². The lowest BCUT2D eigenvalue weighted by Crippen LogP contribution is -2.47. The van der Waals surface area contributed by atoms with Gasteiger partial charge in [-0.1, -0.05) is 66.8 Å². The summed E-state index contributed by atoms with van der Waals surface area (Å²) in [6.45, 7) is 7.90. The van der Waals surface area contributed by atoms with Crippen LogP contribution in [0.5, 0.6) is 0 Å². The Morgan fingerprint density at radius 2 is 1.52 bits per heavy atom. The SMILES string of the molecule is Cc1ccc(CNC(=O)CN(C2CCCCC2)S(=O)(=O)c2c(C)cc(C)cc2C)cc1. The Bertz CT molecular complexity index is 1000. The largest absolute Gasteiger partial charge is 0.351 e. The lowest BCUT2D eigenvalue weighted by atomic mass is 9.95. The fourth-order valence-electron chi connectivity index (χ4n) is 4.57. The molecule has 2 aromatic rings. The molecule has 0 bridgehead atoms. The van der Waals surface area contributed by atoms with Gasteiger partial charge in [0, 0.05) is 12.6 Å². The molecule has 0 atom stereocenters. The number of aryl methyl sites for hydroxylation is 4. The summed E-state index contributed by atoms with van der Waals surface area (Å²) < 4.78 is 29.0. The van der Waals surface area contributed by atoms with Gasteiger partial charge in [-0.25, -0.2) is 8.42 Å². The molecule has 3 rings (SSSR count). The Hall–Kier alpha value is -2.18. The van der Waals surface area contributed by atoms with E-state index in [1.165, 1.54) is 4.31 Å². The molecule has 1 saturated carbocycles. The van der Waals surface area contributed by atoms with Crippen molar-refractivity contribution in [2.75, 3.05) is 6.54 Å². The van der Waals surface area contributed by atoms with Gasteiger partial charge in [0.25, 0.3) is 0 Å². The van der Waals surface area contributed by atoms with Gasteiger partial charge in [0.1, 0.15) is 0 Å². The molecular weight excluding hydrogens is 408 g/mol. The molecule has 1 aliphatic carbocycles. The van der Waals surface area contributed by atoms with Crippen molar-refractivity contribution >= 4 is 15.9 Å². The van der Waals surface area contributed by atoms with Crippen molar-refractivity contribution in [3.05, 3.63) is 64.2 Å². The predicted molar refractivity (Wildman–Crippen MR) is 124 cm³/mol. The second-order valence-electron chi connectivity index (χ2n) is 8.83. The topological polar surface area (TPSA) is 66.5 Å². The van der Waals surface area contributed by atoms with E-state index in [0.29, 0.717) is 11.4 Å². The number of benzene rings is 2. The summed E-state index contributed by atoms with van der Waals surface area (Å²) in [5.41, 5.74) is 4.66. The van der Waals surface area contributed by atoms with Gasteiger partial charge >= 0.3 is 0 Å². The number of hydrogen-bond donors (Lipinski definition) is 1. The average molecular weight is 443 g/mol. The summed E-state index contributed by atoms with van der Waals surface area (Å²) in [5, 5.41) is 2.90. The van der Waals surface area contributed by atoms with E-state index in [0.717, 1.165) is 59.9 Å². The molecule has 1 aliphatic rings. The number of amides is 1. The molecule has 0 saturated heterocycles. The van der Waals surface area contributed by atoms with Crippen LogP contribution in [0.25, 0.3) is 0 Å². The molecule has 1 N–H and O–H groups in total. The second-order valence-corrected chi connectivity index (χ2v) is 10.7. The van der Waals surface area contributed by atoms with Gasteiger partial charge < -0.3 is 5.32 Å². The molecule has 0 aliphatic heterocycles. The van der Waals surface area contributed by atoms with Crippen molar-refractivity contribution in [1.82, 2.24) is 9.62 Å². The van der Waals surface area contributed by atoms with Crippen LogP contribution in [0, 0.1) is 27.7 Å². The second kappa shape index (κ2) is 9.96. The van der Waals surface area contributed by atoms with Gasteiger partial charge in [-0.05, 0) is 57.2 Å². The molecule has 5 nitrogen and oxygen atoms in total. The van der Waals surface area contributed by atoms with Gasteiger partial charge in [-0.2, -0.15) is 4.31 Å². The monoisotopic (exact) mass is 442 g/mol. The molecule has 6 heteroatoms. The van der Waals surface area contributed by atoms with Gasteiger partial charge in [0.05, 0.1) is 11.4 Å². The number of hydrogen-bond acceptors (Lipinski definition) is 3. The van der Waals surface area contributed by atoms with Crippen molar-refractivity contribution in [3.63, 3.8) is 0 Å². The third-order valence-electron chi connectivity index (χ3n) is 6.06. The van der Waals surface area contributed by atoms with E-state index in [2.05, 4.69) is 5.32 Å². The number of nitrogens with one attached hydrogen (secondary N) is 1. The Morgan fingerprint density at radius 1 is 0.935 bits per heavy atom. The number of rotatable bonds is 7. The molecule has 0 aromatic heterocycles. The summed E-state index contributed by atoms with van der Waals surface area (Å²) in [6.07, 6.45) is 4.70. The van der Waals surface area contributed by atoms with Crippen LogP contribution < -0.4 is 5.32 Å². The van der Waals surface area contributed by atoms with E-state index in [1.54, 1.807) is 0 Å². The first kappa shape index (κ1) is 23.5. The molecule has 168 valence electrons. The van der Waals surface area contributed by atoms with Gasteiger partial charge in [-0.15, -0.1) is 0 Å². The highest BCUT2D eigenvalue weighted by atomic mass is 32.2. The molecular formula is C25H34N2O3S. The van der Waals surface area contributed by atoms with E-state index in [1.807, 2.05) is 64.1 Å². The maximum atomic E-state index is 13.8. The number of nitrogens with zero attached hydrogens (tertiary/aromatic N) is 1. The summed E-state index contributed by atoms with van der Waals surface area (Å²) in [5.74, 6) is -0.267. The predicted octanol–water partition coefficient (Wildman–Crippen LogP) is 4.56. The highest BCUT2D eigenvalue weighted by Crippen LogP contribution is 2.31. The van der Waals surface area contributed by atoms with Gasteiger partial charge in [0.15, 0.2) is 0 Å². The molecule has 0 radical (unpaired) electrons. The standard InChI is InChI=1S/C25H34N2O3S/c1-18-10-12-22(13-11-18)16-26-24(28)17-27(23-8-6-5-7-9-23)31(29,30)25-20(3)14-19(2)15-21(25)4/h10-15,23H,5-9,16-17H2,1-4H3,(H,26,28). The Kier molecular flexibility index (Phi) is 7.55. The zero-order valence-electron chi connectivity index (χ0n) is 19.1. The van der Waals surface area contributed by atoms with E-state index < -0.39 is 10.0 Å². The molecule has 0 unspecified atom stereocenters. The van der Waals surface area contributed by atoms with E-state index in [9.17, 15) is 13.2 Å². The lowest BCUT2D eigenvalue weighted by molar-refractivity contribution is -0.121. The average Bonchev–Trinajstić information content (AvgIpc) is 2.71. The smallest absolute Gasteiger partial charge is 0.244 e. The summed E-state index contributed by atoms with van der Waals surface area (Å²) in [7, 11) is -3.79. The number of carbonyl (C=O) groups is 1. The van der Waals surface area contributed by atoms with Gasteiger partial charge in [0.2, 0.25) is 15.9 Å². The zero-order chi connectivity index (χ0) is 22.6. The first-order valence-corrected chi connectivity index (χ1v) is 12.5. The highest BCUT2D eigenvalue weighted by molar-refractivity contribution is 7.89. The third kappa shape index (κ3) is 5.74. The van der Waals surface area contributed by atoms with Crippen LogP contribution in [0.3, 0.4) is 0 Å². The van der Waals surface area contributed by atoms with E-state index in [-0.39, 0.29) is 18.5 Å². The van der Waals surface area contributed by atoms with Crippen LogP contribution in [-0.4, -0.2) is 31.2 Å². The highest BCUT2D eigenvalue weighted by Gasteiger charge is 2.35. The van der Waals surface area contributed by atoms with Crippen molar-refractivity contribution in [3.8, 4) is 0 Å². The van der Waals surface area contributed by atoms with Gasteiger partial charge in [-0.3, -0.25) is 4.79 Å². The summed E-state index contributed by atoms with van der Waals surface area (Å²) >= 11 is 0. The van der Waals surface area contributed by atoms with Crippen LogP contribution in [0.1, 0.15) is 59.9 Å². The molecule has 31 heavy (non-hydrogen) atoms. The summed E-state index contributed by atoms with van der Waals surface area (Å²) in [4.78, 5) is 13.2. The summed E-state index contributed by atoms with van der Waals surface area (Å²) in [6, 6.07) is 11.6. The normalized spacial score (nSPS) is 15.3. The minimum atomic E-state index is -3.79. The quantitative estimate of drug-likeness (QED) is 0.684. The maximum Gasteiger partial charge on any atom is 0.244 e. The first-order chi connectivity index (χ1) is 14.7. The number of carbonyl (C=O) groups excluding carboxylic acids is 1. The van der Waals surface area contributed by atoms with Crippen LogP contribution in [0.4, 0.5) is 0 Å². The fourth-order valence-corrected chi connectivity index (χ4v) is 6.63. The minimum Gasteiger partial charge on any atom is -0.351 e. The number of sulfonamides is 1. The van der Waals surface area contributed by atoms with Crippen LogP contribution in [0.2, 0.25) is 0 Å². The van der Waals surface area contributed by atoms with Crippen molar-refractivity contribution in [2.24, 2.45) is 0 Å². The van der Waals surface area contributed by atoms with Crippen molar-refractivity contribution in [2.45, 2.75) is 77.3 Å². The Labute approximate surface area is 186 Å². The van der Waals surface area contributed by atoms with Crippen LogP contribution in [0.15, 0.2) is 41.3 Å². The molecule has 1 fully saturated rings.